The average molecular weight is 211 g/mol. The van der Waals surface area contributed by atoms with Crippen molar-refractivity contribution in [2.45, 2.75) is 19.6 Å². The van der Waals surface area contributed by atoms with Crippen LogP contribution < -0.4 is 5.56 Å². The molecule has 1 atom stereocenters. The third-order valence-electron chi connectivity index (χ3n) is 2.11. The molecule has 0 amide bonds. The van der Waals surface area contributed by atoms with E-state index in [9.17, 15) is 9.59 Å². The Morgan fingerprint density at radius 1 is 1.67 bits per heavy atom. The second-order valence-electron chi connectivity index (χ2n) is 3.23. The highest BCUT2D eigenvalue weighted by Gasteiger charge is 2.11. The van der Waals surface area contributed by atoms with E-state index in [1.54, 1.807) is 13.1 Å². The second kappa shape index (κ2) is 4.75. The minimum absolute atomic E-state index is 0.133. The highest BCUT2D eigenvalue weighted by atomic mass is 16.5. The largest absolute Gasteiger partial charge is 0.477 e. The van der Waals surface area contributed by atoms with Crippen LogP contribution in [0.15, 0.2) is 23.1 Å². The van der Waals surface area contributed by atoms with E-state index in [2.05, 4.69) is 0 Å². The molecule has 82 valence electrons. The summed E-state index contributed by atoms with van der Waals surface area (Å²) in [6.07, 6.45) is 1.41. The van der Waals surface area contributed by atoms with E-state index in [0.717, 1.165) is 0 Å². The molecule has 1 aromatic heterocycles. The van der Waals surface area contributed by atoms with Crippen molar-refractivity contribution in [2.75, 3.05) is 7.11 Å². The summed E-state index contributed by atoms with van der Waals surface area (Å²) in [6, 6.07) is 2.83. The Labute approximate surface area is 86.9 Å². The SMILES string of the molecule is COC(C)Cn1cccc(C(=O)O)c1=O. The van der Waals surface area contributed by atoms with Gasteiger partial charge in [-0.1, -0.05) is 0 Å². The van der Waals surface area contributed by atoms with Crippen molar-refractivity contribution in [1.82, 2.24) is 4.57 Å². The summed E-state index contributed by atoms with van der Waals surface area (Å²) in [7, 11) is 1.54. The molecule has 1 rings (SSSR count). The molecule has 1 aromatic rings. The Bertz CT molecular complexity index is 410. The molecule has 1 N–H and O–H groups in total. The van der Waals surface area contributed by atoms with Crippen molar-refractivity contribution in [3.05, 3.63) is 34.2 Å². The topological polar surface area (TPSA) is 68.5 Å². The molecule has 0 bridgehead atoms. The fraction of sp³-hybridized carbons (Fsp3) is 0.400. The van der Waals surface area contributed by atoms with Crippen molar-refractivity contribution in [2.24, 2.45) is 0 Å². The second-order valence-corrected chi connectivity index (χ2v) is 3.23. The number of hydrogen-bond acceptors (Lipinski definition) is 3. The predicted molar refractivity (Wildman–Crippen MR) is 54.1 cm³/mol. The van der Waals surface area contributed by atoms with E-state index >= 15 is 0 Å². The van der Waals surface area contributed by atoms with Crippen LogP contribution in [-0.4, -0.2) is 28.9 Å². The first-order valence-electron chi connectivity index (χ1n) is 4.51. The third kappa shape index (κ3) is 2.66. The van der Waals surface area contributed by atoms with E-state index in [-0.39, 0.29) is 11.7 Å². The van der Waals surface area contributed by atoms with Crippen molar-refractivity contribution in [3.63, 3.8) is 0 Å². The Hall–Kier alpha value is -1.62. The molecule has 0 fully saturated rings. The zero-order chi connectivity index (χ0) is 11.4. The van der Waals surface area contributed by atoms with Crippen LogP contribution in [0, 0.1) is 0 Å². The summed E-state index contributed by atoms with van der Waals surface area (Å²) in [5.74, 6) is -1.21. The van der Waals surface area contributed by atoms with Crippen LogP contribution in [0.3, 0.4) is 0 Å². The molecule has 0 aliphatic carbocycles. The lowest BCUT2D eigenvalue weighted by Gasteiger charge is -2.11. The van der Waals surface area contributed by atoms with Gasteiger partial charge in [0.1, 0.15) is 5.56 Å². The molecular formula is C10H13NO4. The van der Waals surface area contributed by atoms with Crippen LogP contribution in [0.25, 0.3) is 0 Å². The first-order chi connectivity index (χ1) is 7.06. The summed E-state index contributed by atoms with van der Waals surface area (Å²) < 4.78 is 6.33. The van der Waals surface area contributed by atoms with E-state index in [0.29, 0.717) is 6.54 Å². The maximum absolute atomic E-state index is 11.6. The summed E-state index contributed by atoms with van der Waals surface area (Å²) in [5.41, 5.74) is -0.727. The Kier molecular flexibility index (Phi) is 3.62. The van der Waals surface area contributed by atoms with Crippen molar-refractivity contribution in [1.29, 1.82) is 0 Å². The van der Waals surface area contributed by atoms with Gasteiger partial charge in [-0.05, 0) is 19.1 Å². The Morgan fingerprint density at radius 2 is 2.33 bits per heavy atom. The highest BCUT2D eigenvalue weighted by Crippen LogP contribution is 1.96. The first kappa shape index (κ1) is 11.5. The number of ether oxygens (including phenoxy) is 1. The predicted octanol–water partition coefficient (Wildman–Crippen LogP) is 0.581. The molecule has 0 saturated carbocycles. The van der Waals surface area contributed by atoms with Crippen molar-refractivity contribution < 1.29 is 14.6 Å². The lowest BCUT2D eigenvalue weighted by Crippen LogP contribution is -2.29. The van der Waals surface area contributed by atoms with Gasteiger partial charge in [0.05, 0.1) is 12.6 Å². The fourth-order valence-corrected chi connectivity index (χ4v) is 1.19. The minimum Gasteiger partial charge on any atom is -0.477 e. The quantitative estimate of drug-likeness (QED) is 0.791. The van der Waals surface area contributed by atoms with Gasteiger partial charge in [0.25, 0.3) is 5.56 Å². The van der Waals surface area contributed by atoms with E-state index in [4.69, 9.17) is 9.84 Å². The summed E-state index contributed by atoms with van der Waals surface area (Å²) in [4.78, 5) is 22.3. The highest BCUT2D eigenvalue weighted by molar-refractivity contribution is 5.86. The molecule has 0 aliphatic heterocycles. The molecule has 0 radical (unpaired) electrons. The van der Waals surface area contributed by atoms with Crippen LogP contribution in [0.4, 0.5) is 0 Å². The lowest BCUT2D eigenvalue weighted by molar-refractivity contribution is 0.0692. The van der Waals surface area contributed by atoms with Gasteiger partial charge >= 0.3 is 5.97 Å². The van der Waals surface area contributed by atoms with Crippen LogP contribution >= 0.6 is 0 Å². The molecule has 0 aromatic carbocycles. The smallest absolute Gasteiger partial charge is 0.341 e. The number of methoxy groups -OCH3 is 1. The van der Waals surface area contributed by atoms with Gasteiger partial charge in [-0.2, -0.15) is 0 Å². The standard InChI is InChI=1S/C10H13NO4/c1-7(15-2)6-11-5-3-4-8(9(11)12)10(13)14/h3-5,7H,6H2,1-2H3,(H,13,14). The Morgan fingerprint density at radius 3 is 2.87 bits per heavy atom. The average Bonchev–Trinajstić information content (AvgIpc) is 2.20. The molecule has 0 saturated heterocycles. The van der Waals surface area contributed by atoms with Gasteiger partial charge in [0, 0.05) is 13.3 Å². The number of nitrogens with zero attached hydrogens (tertiary/aromatic N) is 1. The monoisotopic (exact) mass is 211 g/mol. The molecule has 5 heteroatoms. The first-order valence-corrected chi connectivity index (χ1v) is 4.51. The maximum atomic E-state index is 11.6. The zero-order valence-electron chi connectivity index (χ0n) is 8.64. The number of carboxylic acids is 1. The zero-order valence-corrected chi connectivity index (χ0v) is 8.64. The molecule has 0 spiro atoms. The molecular weight excluding hydrogens is 198 g/mol. The third-order valence-corrected chi connectivity index (χ3v) is 2.11. The van der Waals surface area contributed by atoms with Crippen LogP contribution in [0.1, 0.15) is 17.3 Å². The van der Waals surface area contributed by atoms with Crippen LogP contribution in [-0.2, 0) is 11.3 Å². The number of carboxylic acid groups (broad SMARTS) is 1. The molecule has 1 heterocycles. The number of aromatic nitrogens is 1. The summed E-state index contributed by atoms with van der Waals surface area (Å²) >= 11 is 0. The molecule has 1 unspecified atom stereocenters. The fourth-order valence-electron chi connectivity index (χ4n) is 1.19. The van der Waals surface area contributed by atoms with Crippen LogP contribution in [0.2, 0.25) is 0 Å². The summed E-state index contributed by atoms with van der Waals surface area (Å²) in [5, 5.41) is 8.74. The van der Waals surface area contributed by atoms with E-state index in [1.165, 1.54) is 23.8 Å². The lowest BCUT2D eigenvalue weighted by atomic mass is 10.2. The number of carbonyl (C=O) groups is 1. The normalized spacial score (nSPS) is 12.4. The minimum atomic E-state index is -1.21. The number of aromatic carboxylic acids is 1. The van der Waals surface area contributed by atoms with E-state index < -0.39 is 11.5 Å². The van der Waals surface area contributed by atoms with Gasteiger partial charge < -0.3 is 14.4 Å². The number of rotatable bonds is 4. The van der Waals surface area contributed by atoms with Crippen molar-refractivity contribution in [3.8, 4) is 0 Å². The number of hydrogen-bond donors (Lipinski definition) is 1. The van der Waals surface area contributed by atoms with Crippen LogP contribution in [0.5, 0.6) is 0 Å². The molecule has 15 heavy (non-hydrogen) atoms. The summed E-state index contributed by atoms with van der Waals surface area (Å²) in [6.45, 7) is 2.15. The van der Waals surface area contributed by atoms with Gasteiger partial charge in [-0.15, -0.1) is 0 Å². The Balaban J connectivity index is 3.05. The van der Waals surface area contributed by atoms with Crippen molar-refractivity contribution >= 4 is 5.97 Å². The van der Waals surface area contributed by atoms with Gasteiger partial charge in [0.2, 0.25) is 0 Å². The van der Waals surface area contributed by atoms with Gasteiger partial charge in [0.15, 0.2) is 0 Å². The number of pyridine rings is 1. The maximum Gasteiger partial charge on any atom is 0.341 e. The molecule has 5 nitrogen and oxygen atoms in total. The molecule has 0 aliphatic rings. The van der Waals surface area contributed by atoms with Gasteiger partial charge in [-0.3, -0.25) is 4.79 Å². The van der Waals surface area contributed by atoms with E-state index in [1.807, 2.05) is 0 Å². The van der Waals surface area contributed by atoms with Gasteiger partial charge in [-0.25, -0.2) is 4.79 Å².